The van der Waals surface area contributed by atoms with Crippen LogP contribution in [0.4, 0.5) is 5.69 Å². The summed E-state index contributed by atoms with van der Waals surface area (Å²) >= 11 is 6.32. The van der Waals surface area contributed by atoms with Crippen molar-refractivity contribution in [2.75, 3.05) is 19.1 Å². The van der Waals surface area contributed by atoms with Crippen molar-refractivity contribution in [1.82, 2.24) is 10.1 Å². The topological polar surface area (TPSA) is 106 Å². The van der Waals surface area contributed by atoms with Crippen molar-refractivity contribution in [1.29, 1.82) is 0 Å². The first-order valence-corrected chi connectivity index (χ1v) is 12.2. The molecule has 0 saturated heterocycles. The first-order chi connectivity index (χ1) is 15.2. The Labute approximate surface area is 193 Å². The van der Waals surface area contributed by atoms with Gasteiger partial charge in [-0.2, -0.15) is 0 Å². The molecule has 0 atom stereocenters. The van der Waals surface area contributed by atoms with Crippen LogP contribution in [0.15, 0.2) is 41.3 Å². The fourth-order valence-corrected chi connectivity index (χ4v) is 4.37. The average Bonchev–Trinajstić information content (AvgIpc) is 3.56. The maximum atomic E-state index is 12.6. The Bertz CT molecular complexity index is 1050. The number of carbonyl (C=O) groups is 1. The molecule has 0 unspecified atom stereocenters. The summed E-state index contributed by atoms with van der Waals surface area (Å²) in [6.07, 6.45) is 2.60. The minimum atomic E-state index is -3.52. The number of nitrogens with one attached hydrogen (secondary N) is 3. The lowest BCUT2D eigenvalue weighted by atomic mass is 10.1. The molecule has 3 N–H and O–H groups in total. The Morgan fingerprint density at radius 2 is 1.88 bits per heavy atom. The first kappa shape index (κ1) is 24.2. The molecule has 0 aromatic heterocycles. The predicted octanol–water partition coefficient (Wildman–Crippen LogP) is 3.97. The first-order valence-electron chi connectivity index (χ1n) is 10.4. The van der Waals surface area contributed by atoms with E-state index in [0.717, 1.165) is 19.3 Å². The average molecular weight is 482 g/mol. The fraction of sp³-hybridized carbons (Fsp3) is 0.409. The normalized spacial score (nSPS) is 13.7. The Hall–Kier alpha value is -2.49. The van der Waals surface area contributed by atoms with Gasteiger partial charge < -0.3 is 9.47 Å². The van der Waals surface area contributed by atoms with Crippen molar-refractivity contribution in [3.8, 4) is 11.5 Å². The summed E-state index contributed by atoms with van der Waals surface area (Å²) in [6.45, 7) is 4.68. The summed E-state index contributed by atoms with van der Waals surface area (Å²) in [5, 5.41) is 0.274. The second-order valence-electron chi connectivity index (χ2n) is 8.02. The number of ether oxygens (including phenoxy) is 2. The summed E-state index contributed by atoms with van der Waals surface area (Å²) in [6, 6.07) is 9.18. The summed E-state index contributed by atoms with van der Waals surface area (Å²) in [5.41, 5.74) is 6.13. The van der Waals surface area contributed by atoms with E-state index in [-0.39, 0.29) is 21.5 Å². The van der Waals surface area contributed by atoms with Gasteiger partial charge >= 0.3 is 0 Å². The molecule has 174 valence electrons. The van der Waals surface area contributed by atoms with Gasteiger partial charge in [-0.05, 0) is 61.6 Å². The zero-order valence-electron chi connectivity index (χ0n) is 18.3. The monoisotopic (exact) mass is 481 g/mol. The van der Waals surface area contributed by atoms with Crippen molar-refractivity contribution in [2.45, 2.75) is 44.0 Å². The van der Waals surface area contributed by atoms with Gasteiger partial charge in [-0.25, -0.2) is 13.1 Å². The van der Waals surface area contributed by atoms with Gasteiger partial charge in [0.05, 0.1) is 29.3 Å². The van der Waals surface area contributed by atoms with Crippen LogP contribution in [0.3, 0.4) is 0 Å². The zero-order chi connectivity index (χ0) is 23.3. The van der Waals surface area contributed by atoms with E-state index in [1.165, 1.54) is 25.3 Å². The lowest BCUT2D eigenvalue weighted by molar-refractivity contribution is 0.0962. The number of methoxy groups -OCH3 is 1. The second-order valence-corrected chi connectivity index (χ2v) is 10.1. The highest BCUT2D eigenvalue weighted by Crippen LogP contribution is 2.36. The molecule has 0 bridgehead atoms. The zero-order valence-corrected chi connectivity index (χ0v) is 19.8. The summed E-state index contributed by atoms with van der Waals surface area (Å²) in [4.78, 5) is 12.7. The molecule has 32 heavy (non-hydrogen) atoms. The van der Waals surface area contributed by atoms with Crippen molar-refractivity contribution < 1.29 is 22.7 Å². The molecule has 1 aliphatic rings. The molecule has 2 aromatic rings. The van der Waals surface area contributed by atoms with Crippen molar-refractivity contribution in [3.63, 3.8) is 0 Å². The minimum Gasteiger partial charge on any atom is -0.493 e. The number of benzene rings is 2. The van der Waals surface area contributed by atoms with Crippen LogP contribution < -0.4 is 25.0 Å². The molecule has 2 aromatic carbocycles. The highest BCUT2D eigenvalue weighted by molar-refractivity contribution is 7.89. The second kappa shape index (κ2) is 10.4. The SMILES string of the molecule is COc1cc(C(=O)NNc2ccc(S(=O)(=O)NC3CC3)cc2)cc(Cl)c1OCCC(C)C. The van der Waals surface area contributed by atoms with Crippen molar-refractivity contribution in [2.24, 2.45) is 5.92 Å². The van der Waals surface area contributed by atoms with Crippen LogP contribution in [0.5, 0.6) is 11.5 Å². The van der Waals surface area contributed by atoms with Crippen molar-refractivity contribution in [3.05, 3.63) is 47.0 Å². The smallest absolute Gasteiger partial charge is 0.269 e. The minimum absolute atomic E-state index is 0.0351. The van der Waals surface area contributed by atoms with Gasteiger partial charge in [0.2, 0.25) is 10.0 Å². The molecule has 10 heteroatoms. The Kier molecular flexibility index (Phi) is 7.86. The molecule has 3 rings (SSSR count). The molecular formula is C22H28ClN3O5S. The molecule has 8 nitrogen and oxygen atoms in total. The summed E-state index contributed by atoms with van der Waals surface area (Å²) in [5.74, 6) is 0.811. The number of hydrazine groups is 1. The van der Waals surface area contributed by atoms with Crippen LogP contribution in [-0.2, 0) is 10.0 Å². The molecule has 1 saturated carbocycles. The molecule has 1 fully saturated rings. The molecule has 1 amide bonds. The largest absolute Gasteiger partial charge is 0.493 e. The highest BCUT2D eigenvalue weighted by atomic mass is 35.5. The van der Waals surface area contributed by atoms with E-state index in [1.807, 2.05) is 0 Å². The molecule has 0 aliphatic heterocycles. The van der Waals surface area contributed by atoms with Gasteiger partial charge in [-0.1, -0.05) is 25.4 Å². The number of anilines is 1. The fourth-order valence-electron chi connectivity index (χ4n) is 2.79. The van der Waals surface area contributed by atoms with Crippen LogP contribution >= 0.6 is 11.6 Å². The van der Waals surface area contributed by atoms with Crippen molar-refractivity contribution >= 4 is 33.2 Å². The Morgan fingerprint density at radius 1 is 1.19 bits per heavy atom. The van der Waals surface area contributed by atoms with E-state index >= 15 is 0 Å². The standard InChI is InChI=1S/C22H28ClN3O5S/c1-14(2)10-11-31-21-19(23)12-15(13-20(21)30-3)22(27)25-24-16-6-8-18(9-7-16)32(28,29)26-17-4-5-17/h6-9,12-14,17,24,26H,4-5,10-11H2,1-3H3,(H,25,27). The molecular weight excluding hydrogens is 454 g/mol. The van der Waals surface area contributed by atoms with Gasteiger partial charge in [0.1, 0.15) is 0 Å². The number of rotatable bonds is 11. The maximum Gasteiger partial charge on any atom is 0.269 e. The number of amides is 1. The molecule has 1 aliphatic carbocycles. The highest BCUT2D eigenvalue weighted by Gasteiger charge is 2.27. The molecule has 0 spiro atoms. The van der Waals surface area contributed by atoms with Gasteiger partial charge in [0, 0.05) is 11.6 Å². The van der Waals surface area contributed by atoms with E-state index < -0.39 is 15.9 Å². The van der Waals surface area contributed by atoms with Gasteiger partial charge in [0.15, 0.2) is 11.5 Å². The third kappa shape index (κ3) is 6.51. The Balaban J connectivity index is 1.62. The summed E-state index contributed by atoms with van der Waals surface area (Å²) < 4.78 is 38.2. The predicted molar refractivity (Wildman–Crippen MR) is 124 cm³/mol. The number of sulfonamides is 1. The van der Waals surface area contributed by atoms with Crippen LogP contribution in [0.25, 0.3) is 0 Å². The van der Waals surface area contributed by atoms with Gasteiger partial charge in [0.25, 0.3) is 5.91 Å². The van der Waals surface area contributed by atoms with Gasteiger partial charge in [-0.3, -0.25) is 15.6 Å². The number of carbonyl (C=O) groups excluding carboxylic acids is 1. The number of hydrogen-bond donors (Lipinski definition) is 3. The van der Waals surface area contributed by atoms with Crippen LogP contribution in [0.2, 0.25) is 5.02 Å². The number of halogens is 1. The molecule has 0 radical (unpaired) electrons. The van der Waals surface area contributed by atoms with E-state index in [9.17, 15) is 13.2 Å². The van der Waals surface area contributed by atoms with E-state index in [1.54, 1.807) is 18.2 Å². The van der Waals surface area contributed by atoms with Gasteiger partial charge in [-0.15, -0.1) is 0 Å². The molecule has 0 heterocycles. The van der Waals surface area contributed by atoms with E-state index in [2.05, 4.69) is 29.4 Å². The lowest BCUT2D eigenvalue weighted by Gasteiger charge is -2.15. The van der Waals surface area contributed by atoms with E-state index in [0.29, 0.717) is 29.7 Å². The van der Waals surface area contributed by atoms with Crippen LogP contribution in [-0.4, -0.2) is 34.1 Å². The summed E-state index contributed by atoms with van der Waals surface area (Å²) in [7, 11) is -2.04. The lowest BCUT2D eigenvalue weighted by Crippen LogP contribution is -2.29. The number of hydrogen-bond acceptors (Lipinski definition) is 6. The Morgan fingerprint density at radius 3 is 2.47 bits per heavy atom. The third-order valence-electron chi connectivity index (χ3n) is 4.82. The third-order valence-corrected chi connectivity index (χ3v) is 6.63. The van der Waals surface area contributed by atoms with E-state index in [4.69, 9.17) is 21.1 Å². The maximum absolute atomic E-state index is 12.6. The van der Waals surface area contributed by atoms with Crippen LogP contribution in [0, 0.1) is 5.92 Å². The van der Waals surface area contributed by atoms with Crippen LogP contribution in [0.1, 0.15) is 43.5 Å². The quantitative estimate of drug-likeness (QED) is 0.419.